The third kappa shape index (κ3) is 4.35. The van der Waals surface area contributed by atoms with E-state index in [-0.39, 0.29) is 5.75 Å². The Bertz CT molecular complexity index is 695. The fourth-order valence-electron chi connectivity index (χ4n) is 4.20. The lowest BCUT2D eigenvalue weighted by Gasteiger charge is -2.33. The molecule has 0 aromatic heterocycles. The molecule has 0 unspecified atom stereocenters. The molecule has 0 amide bonds. The second-order valence-electron chi connectivity index (χ2n) is 7.34. The SMILES string of the molecule is CN=C(NCCS(=O)(=O)c1ccccc1)N1CCC2(CCCCC2)C1. The van der Waals surface area contributed by atoms with Gasteiger partial charge in [-0.25, -0.2) is 8.42 Å². The van der Waals surface area contributed by atoms with Crippen molar-refractivity contribution >= 4 is 15.8 Å². The van der Waals surface area contributed by atoms with Crippen molar-refractivity contribution < 1.29 is 8.42 Å². The molecule has 1 saturated heterocycles. The molecule has 1 spiro atoms. The van der Waals surface area contributed by atoms with E-state index in [1.807, 2.05) is 6.07 Å². The topological polar surface area (TPSA) is 61.8 Å². The minimum absolute atomic E-state index is 0.0784. The molecule has 1 aliphatic carbocycles. The summed E-state index contributed by atoms with van der Waals surface area (Å²) >= 11 is 0. The van der Waals surface area contributed by atoms with E-state index in [2.05, 4.69) is 15.2 Å². The van der Waals surface area contributed by atoms with Crippen LogP contribution in [0.1, 0.15) is 38.5 Å². The Hall–Kier alpha value is -1.56. The minimum Gasteiger partial charge on any atom is -0.355 e. The number of benzene rings is 1. The molecule has 0 bridgehead atoms. The van der Waals surface area contributed by atoms with Gasteiger partial charge in [-0.05, 0) is 36.8 Å². The van der Waals surface area contributed by atoms with Crippen LogP contribution in [-0.2, 0) is 9.84 Å². The zero-order chi connectivity index (χ0) is 17.8. The lowest BCUT2D eigenvalue weighted by Crippen LogP contribution is -2.43. The van der Waals surface area contributed by atoms with Crippen molar-refractivity contribution in [3.05, 3.63) is 30.3 Å². The lowest BCUT2D eigenvalue weighted by molar-refractivity contribution is 0.203. The molecule has 1 saturated carbocycles. The van der Waals surface area contributed by atoms with E-state index in [1.165, 1.54) is 38.5 Å². The van der Waals surface area contributed by atoms with Crippen LogP contribution in [0.5, 0.6) is 0 Å². The van der Waals surface area contributed by atoms with Crippen LogP contribution in [0, 0.1) is 5.41 Å². The van der Waals surface area contributed by atoms with Gasteiger partial charge in [0.25, 0.3) is 0 Å². The molecule has 3 rings (SSSR count). The van der Waals surface area contributed by atoms with Gasteiger partial charge in [-0.2, -0.15) is 0 Å². The van der Waals surface area contributed by atoms with Gasteiger partial charge in [0.1, 0.15) is 0 Å². The first-order valence-electron chi connectivity index (χ1n) is 9.28. The highest BCUT2D eigenvalue weighted by Crippen LogP contribution is 2.43. The van der Waals surface area contributed by atoms with Gasteiger partial charge in [-0.15, -0.1) is 0 Å². The molecule has 1 heterocycles. The summed E-state index contributed by atoms with van der Waals surface area (Å²) in [6.07, 6.45) is 7.93. The zero-order valence-corrected chi connectivity index (χ0v) is 15.9. The second-order valence-corrected chi connectivity index (χ2v) is 9.45. The van der Waals surface area contributed by atoms with Crippen molar-refractivity contribution in [2.24, 2.45) is 10.4 Å². The van der Waals surface area contributed by atoms with Crippen molar-refractivity contribution in [1.82, 2.24) is 10.2 Å². The standard InChI is InChI=1S/C19H29N3O2S/c1-20-18(22-14-12-19(16-22)10-6-3-7-11-19)21-13-15-25(23,24)17-8-4-2-5-9-17/h2,4-5,8-9H,3,6-7,10-16H2,1H3,(H,20,21). The third-order valence-electron chi connectivity index (χ3n) is 5.62. The molecular formula is C19H29N3O2S. The normalized spacial score (nSPS) is 20.8. The van der Waals surface area contributed by atoms with Crippen molar-refractivity contribution in [2.75, 3.05) is 32.4 Å². The van der Waals surface area contributed by atoms with Gasteiger partial charge in [0.15, 0.2) is 15.8 Å². The van der Waals surface area contributed by atoms with Crippen LogP contribution < -0.4 is 5.32 Å². The van der Waals surface area contributed by atoms with Gasteiger partial charge in [0, 0.05) is 26.7 Å². The molecule has 25 heavy (non-hydrogen) atoms. The number of hydrogen-bond acceptors (Lipinski definition) is 3. The van der Waals surface area contributed by atoms with E-state index in [0.29, 0.717) is 16.9 Å². The van der Waals surface area contributed by atoms with Crippen LogP contribution in [0.4, 0.5) is 0 Å². The van der Waals surface area contributed by atoms with Crippen LogP contribution in [-0.4, -0.2) is 51.7 Å². The maximum absolute atomic E-state index is 12.4. The van der Waals surface area contributed by atoms with Gasteiger partial charge in [0.2, 0.25) is 0 Å². The molecule has 1 N–H and O–H groups in total. The van der Waals surface area contributed by atoms with Gasteiger partial charge in [0.05, 0.1) is 10.6 Å². The first-order chi connectivity index (χ1) is 12.0. The summed E-state index contributed by atoms with van der Waals surface area (Å²) in [5.41, 5.74) is 0.464. The Morgan fingerprint density at radius 3 is 2.56 bits per heavy atom. The molecule has 2 aliphatic rings. The van der Waals surface area contributed by atoms with Gasteiger partial charge < -0.3 is 10.2 Å². The fourth-order valence-corrected chi connectivity index (χ4v) is 5.38. The van der Waals surface area contributed by atoms with Gasteiger partial charge in [-0.1, -0.05) is 37.5 Å². The van der Waals surface area contributed by atoms with E-state index in [1.54, 1.807) is 31.3 Å². The van der Waals surface area contributed by atoms with Crippen LogP contribution in [0.2, 0.25) is 0 Å². The molecule has 2 fully saturated rings. The summed E-state index contributed by atoms with van der Waals surface area (Å²) in [6.45, 7) is 2.45. The molecule has 1 aromatic carbocycles. The van der Waals surface area contributed by atoms with E-state index >= 15 is 0 Å². The van der Waals surface area contributed by atoms with Gasteiger partial charge in [-0.3, -0.25) is 4.99 Å². The molecule has 1 aliphatic heterocycles. The van der Waals surface area contributed by atoms with Crippen molar-refractivity contribution in [3.63, 3.8) is 0 Å². The Morgan fingerprint density at radius 2 is 1.88 bits per heavy atom. The Kier molecular flexibility index (Phi) is 5.67. The summed E-state index contributed by atoms with van der Waals surface area (Å²) < 4.78 is 24.7. The third-order valence-corrected chi connectivity index (χ3v) is 7.35. The molecule has 1 aromatic rings. The molecule has 5 nitrogen and oxygen atoms in total. The number of likely N-dealkylation sites (tertiary alicyclic amines) is 1. The maximum Gasteiger partial charge on any atom is 0.193 e. The highest BCUT2D eigenvalue weighted by Gasteiger charge is 2.39. The zero-order valence-electron chi connectivity index (χ0n) is 15.1. The summed E-state index contributed by atoms with van der Waals surface area (Å²) in [5.74, 6) is 0.917. The molecule has 0 radical (unpaired) electrons. The van der Waals surface area contributed by atoms with E-state index in [9.17, 15) is 8.42 Å². The number of aliphatic imine (C=N–C) groups is 1. The monoisotopic (exact) mass is 363 g/mol. The summed E-state index contributed by atoms with van der Waals surface area (Å²) in [6, 6.07) is 8.64. The molecule has 6 heteroatoms. The van der Waals surface area contributed by atoms with Crippen molar-refractivity contribution in [3.8, 4) is 0 Å². The van der Waals surface area contributed by atoms with E-state index < -0.39 is 9.84 Å². The largest absolute Gasteiger partial charge is 0.355 e. The smallest absolute Gasteiger partial charge is 0.193 e. The number of rotatable bonds is 4. The number of sulfone groups is 1. The lowest BCUT2D eigenvalue weighted by atomic mass is 9.73. The fraction of sp³-hybridized carbons (Fsp3) is 0.632. The first-order valence-corrected chi connectivity index (χ1v) is 10.9. The number of nitrogens with one attached hydrogen (secondary N) is 1. The highest BCUT2D eigenvalue weighted by atomic mass is 32.2. The maximum atomic E-state index is 12.4. The predicted octanol–water partition coefficient (Wildman–Crippen LogP) is 2.69. The van der Waals surface area contributed by atoms with Crippen LogP contribution in [0.15, 0.2) is 40.2 Å². The average Bonchev–Trinajstić information content (AvgIpc) is 3.03. The van der Waals surface area contributed by atoms with E-state index in [0.717, 1.165) is 19.0 Å². The van der Waals surface area contributed by atoms with Crippen LogP contribution >= 0.6 is 0 Å². The summed E-state index contributed by atoms with van der Waals surface area (Å²) in [4.78, 5) is 7.07. The van der Waals surface area contributed by atoms with Crippen molar-refractivity contribution in [2.45, 2.75) is 43.4 Å². The molecule has 138 valence electrons. The van der Waals surface area contributed by atoms with Crippen LogP contribution in [0.25, 0.3) is 0 Å². The quantitative estimate of drug-likeness (QED) is 0.660. The number of nitrogens with zero attached hydrogens (tertiary/aromatic N) is 2. The Balaban J connectivity index is 1.53. The highest BCUT2D eigenvalue weighted by molar-refractivity contribution is 7.91. The predicted molar refractivity (Wildman–Crippen MR) is 102 cm³/mol. The Labute approximate surface area is 151 Å². The average molecular weight is 364 g/mol. The Morgan fingerprint density at radius 1 is 1.16 bits per heavy atom. The molecular weight excluding hydrogens is 334 g/mol. The van der Waals surface area contributed by atoms with E-state index in [4.69, 9.17) is 0 Å². The minimum atomic E-state index is -3.25. The summed E-state index contributed by atoms with van der Waals surface area (Å²) in [5, 5.41) is 3.26. The second kappa shape index (κ2) is 7.77. The van der Waals surface area contributed by atoms with Crippen molar-refractivity contribution in [1.29, 1.82) is 0 Å². The van der Waals surface area contributed by atoms with Crippen LogP contribution in [0.3, 0.4) is 0 Å². The number of hydrogen-bond donors (Lipinski definition) is 1. The first kappa shape index (κ1) is 18.2. The number of guanidine groups is 1. The summed E-state index contributed by atoms with van der Waals surface area (Å²) in [7, 11) is -1.47. The van der Waals surface area contributed by atoms with Gasteiger partial charge >= 0.3 is 0 Å². The molecule has 0 atom stereocenters.